The number of ether oxygens (including phenoxy) is 2. The first kappa shape index (κ1) is 17.8. The Hall–Kier alpha value is -2.50. The molecule has 0 spiro atoms. The van der Waals surface area contributed by atoms with Gasteiger partial charge in [-0.15, -0.1) is 0 Å². The monoisotopic (exact) mass is 332 g/mol. The zero-order chi connectivity index (χ0) is 18.0. The molecule has 6 heteroatoms. The molecule has 2 rings (SSSR count). The van der Waals surface area contributed by atoms with Gasteiger partial charge in [-0.3, -0.25) is 19.2 Å². The Kier molecular flexibility index (Phi) is 5.17. The Morgan fingerprint density at radius 1 is 0.792 bits per heavy atom. The van der Waals surface area contributed by atoms with Crippen LogP contribution >= 0.6 is 0 Å². The Labute approximate surface area is 140 Å². The van der Waals surface area contributed by atoms with Crippen LogP contribution in [0.15, 0.2) is 18.2 Å². The largest absolute Gasteiger partial charge is 0.454 e. The average Bonchev–Trinajstić information content (AvgIpc) is 2.92. The lowest BCUT2D eigenvalue weighted by Gasteiger charge is -2.29. The summed E-state index contributed by atoms with van der Waals surface area (Å²) in [5.41, 5.74) is 0.532. The predicted octanol–water partition coefficient (Wildman–Crippen LogP) is 2.09. The maximum absolute atomic E-state index is 12.1. The molecule has 1 aliphatic heterocycles. The number of carbonyl (C=O) groups is 4. The van der Waals surface area contributed by atoms with Crippen molar-refractivity contribution in [2.75, 3.05) is 6.79 Å². The smallest absolute Gasteiger partial charge is 0.231 e. The van der Waals surface area contributed by atoms with Gasteiger partial charge in [0.1, 0.15) is 23.1 Å². The molecule has 1 heterocycles. The van der Waals surface area contributed by atoms with Crippen molar-refractivity contribution in [1.82, 2.24) is 0 Å². The summed E-state index contributed by atoms with van der Waals surface area (Å²) in [6, 6.07) is 4.94. The molecular weight excluding hydrogens is 312 g/mol. The first-order chi connectivity index (χ1) is 11.2. The molecule has 0 aromatic heterocycles. The summed E-state index contributed by atoms with van der Waals surface area (Å²) in [7, 11) is 0. The summed E-state index contributed by atoms with van der Waals surface area (Å²) >= 11 is 0. The molecule has 1 aromatic rings. The van der Waals surface area contributed by atoms with Crippen molar-refractivity contribution in [3.63, 3.8) is 0 Å². The molecule has 0 saturated heterocycles. The van der Waals surface area contributed by atoms with E-state index in [1.807, 2.05) is 0 Å². The number of Topliss-reactive ketones (excluding diaryl/α,β-unsaturated/α-hetero) is 4. The number of benzene rings is 1. The molecule has 0 N–H and O–H groups in total. The number of carbonyl (C=O) groups excluding carboxylic acids is 4. The standard InChI is InChI=1S/C18H20O6/c1-9(19)16(10(2)20)18(17(11(3)21)12(4)22)13-5-6-14-15(7-13)24-8-23-14/h5-7,16-18H,8H2,1-4H3. The Morgan fingerprint density at radius 2 is 1.25 bits per heavy atom. The molecular formula is C18H20O6. The molecule has 0 radical (unpaired) electrons. The quantitative estimate of drug-likeness (QED) is 0.711. The fraction of sp³-hybridized carbons (Fsp3) is 0.444. The minimum absolute atomic E-state index is 0.0785. The summed E-state index contributed by atoms with van der Waals surface area (Å²) < 4.78 is 10.6. The highest BCUT2D eigenvalue weighted by atomic mass is 16.7. The van der Waals surface area contributed by atoms with Crippen LogP contribution in [0.4, 0.5) is 0 Å². The van der Waals surface area contributed by atoms with E-state index in [-0.39, 0.29) is 29.9 Å². The van der Waals surface area contributed by atoms with Crippen LogP contribution in [0.5, 0.6) is 11.5 Å². The van der Waals surface area contributed by atoms with Crippen molar-refractivity contribution in [3.05, 3.63) is 23.8 Å². The molecule has 0 amide bonds. The first-order valence-electron chi connectivity index (χ1n) is 7.65. The average molecular weight is 332 g/mol. The van der Waals surface area contributed by atoms with Crippen LogP contribution in [0, 0.1) is 11.8 Å². The van der Waals surface area contributed by atoms with Crippen LogP contribution < -0.4 is 9.47 Å². The van der Waals surface area contributed by atoms with Gasteiger partial charge in [0.15, 0.2) is 11.5 Å². The molecule has 1 aliphatic rings. The highest BCUT2D eigenvalue weighted by Gasteiger charge is 2.41. The lowest BCUT2D eigenvalue weighted by molar-refractivity contribution is -0.135. The van der Waals surface area contributed by atoms with Crippen molar-refractivity contribution >= 4 is 23.1 Å². The van der Waals surface area contributed by atoms with Gasteiger partial charge in [-0.25, -0.2) is 0 Å². The van der Waals surface area contributed by atoms with Crippen LogP contribution in [0.2, 0.25) is 0 Å². The summed E-state index contributed by atoms with van der Waals surface area (Å²) in [5, 5.41) is 0. The number of hydrogen-bond acceptors (Lipinski definition) is 6. The second kappa shape index (κ2) is 6.95. The zero-order valence-electron chi connectivity index (χ0n) is 14.1. The van der Waals surface area contributed by atoms with Crippen molar-refractivity contribution in [3.8, 4) is 11.5 Å². The SMILES string of the molecule is CC(=O)C(C(C)=O)C(c1ccc2c(c1)OCO2)C(C(C)=O)C(C)=O. The molecule has 24 heavy (non-hydrogen) atoms. The van der Waals surface area contributed by atoms with Crippen LogP contribution in [-0.4, -0.2) is 29.9 Å². The molecule has 1 aromatic carbocycles. The molecule has 6 nitrogen and oxygen atoms in total. The Morgan fingerprint density at radius 3 is 1.71 bits per heavy atom. The van der Waals surface area contributed by atoms with Gasteiger partial charge in [0.2, 0.25) is 6.79 Å². The van der Waals surface area contributed by atoms with E-state index in [2.05, 4.69) is 0 Å². The topological polar surface area (TPSA) is 86.7 Å². The van der Waals surface area contributed by atoms with Gasteiger partial charge in [-0.05, 0) is 45.4 Å². The fourth-order valence-electron chi connectivity index (χ4n) is 3.28. The number of hydrogen-bond donors (Lipinski definition) is 0. The van der Waals surface area contributed by atoms with Crippen molar-refractivity contribution < 1.29 is 28.7 Å². The number of ketones is 4. The lowest BCUT2D eigenvalue weighted by atomic mass is 9.71. The molecule has 0 fully saturated rings. The Bertz CT molecular complexity index is 645. The third kappa shape index (κ3) is 3.37. The van der Waals surface area contributed by atoms with E-state index < -0.39 is 17.8 Å². The third-order valence-corrected chi connectivity index (χ3v) is 4.25. The van der Waals surface area contributed by atoms with E-state index >= 15 is 0 Å². The fourth-order valence-corrected chi connectivity index (χ4v) is 3.28. The lowest BCUT2D eigenvalue weighted by Crippen LogP contribution is -2.37. The minimum atomic E-state index is -1.07. The van der Waals surface area contributed by atoms with Gasteiger partial charge in [-0.2, -0.15) is 0 Å². The van der Waals surface area contributed by atoms with E-state index in [0.29, 0.717) is 17.1 Å². The number of fused-ring (bicyclic) bond motifs is 1. The molecule has 0 aliphatic carbocycles. The molecule has 0 atom stereocenters. The van der Waals surface area contributed by atoms with E-state index in [4.69, 9.17) is 9.47 Å². The third-order valence-electron chi connectivity index (χ3n) is 4.25. The van der Waals surface area contributed by atoms with E-state index in [0.717, 1.165) is 0 Å². The maximum Gasteiger partial charge on any atom is 0.231 e. The maximum atomic E-state index is 12.1. The summed E-state index contributed by atoms with van der Waals surface area (Å²) in [6.45, 7) is 5.26. The van der Waals surface area contributed by atoms with Gasteiger partial charge in [0.25, 0.3) is 0 Å². The summed E-state index contributed by atoms with van der Waals surface area (Å²) in [4.78, 5) is 48.3. The van der Waals surface area contributed by atoms with E-state index in [9.17, 15) is 19.2 Å². The van der Waals surface area contributed by atoms with Crippen molar-refractivity contribution in [1.29, 1.82) is 0 Å². The number of rotatable bonds is 7. The van der Waals surface area contributed by atoms with E-state index in [1.54, 1.807) is 18.2 Å². The minimum Gasteiger partial charge on any atom is -0.454 e. The van der Waals surface area contributed by atoms with Gasteiger partial charge in [-0.1, -0.05) is 6.07 Å². The summed E-state index contributed by atoms with van der Waals surface area (Å²) in [5.74, 6) is -3.49. The van der Waals surface area contributed by atoms with Gasteiger partial charge < -0.3 is 9.47 Å². The van der Waals surface area contributed by atoms with Crippen LogP contribution in [0.25, 0.3) is 0 Å². The highest BCUT2D eigenvalue weighted by Crippen LogP contribution is 2.40. The molecule has 0 bridgehead atoms. The zero-order valence-corrected chi connectivity index (χ0v) is 14.1. The van der Waals surface area contributed by atoms with Gasteiger partial charge >= 0.3 is 0 Å². The van der Waals surface area contributed by atoms with Crippen LogP contribution in [0.1, 0.15) is 39.2 Å². The second-order valence-electron chi connectivity index (χ2n) is 6.04. The van der Waals surface area contributed by atoms with Crippen molar-refractivity contribution in [2.45, 2.75) is 33.6 Å². The highest BCUT2D eigenvalue weighted by molar-refractivity contribution is 6.06. The van der Waals surface area contributed by atoms with Crippen LogP contribution in [0.3, 0.4) is 0 Å². The predicted molar refractivity (Wildman–Crippen MR) is 85.0 cm³/mol. The van der Waals surface area contributed by atoms with Gasteiger partial charge in [0.05, 0.1) is 11.8 Å². The second-order valence-corrected chi connectivity index (χ2v) is 6.04. The first-order valence-corrected chi connectivity index (χ1v) is 7.65. The van der Waals surface area contributed by atoms with Crippen molar-refractivity contribution in [2.24, 2.45) is 11.8 Å². The van der Waals surface area contributed by atoms with E-state index in [1.165, 1.54) is 27.7 Å². The normalized spacial score (nSPS) is 12.8. The summed E-state index contributed by atoms with van der Waals surface area (Å²) in [6.07, 6.45) is 0. The van der Waals surface area contributed by atoms with Gasteiger partial charge in [0, 0.05) is 5.92 Å². The molecule has 0 saturated carbocycles. The Balaban J connectivity index is 2.61. The van der Waals surface area contributed by atoms with Crippen LogP contribution in [-0.2, 0) is 19.2 Å². The molecule has 0 unspecified atom stereocenters. The molecule has 128 valence electrons.